The molecule has 0 saturated heterocycles. The fourth-order valence-electron chi connectivity index (χ4n) is 2.47. The Morgan fingerprint density at radius 1 is 1.04 bits per heavy atom. The molecule has 0 radical (unpaired) electrons. The summed E-state index contributed by atoms with van der Waals surface area (Å²) in [6, 6.07) is 15.8. The van der Waals surface area contributed by atoms with Crippen molar-refractivity contribution in [3.63, 3.8) is 0 Å². The minimum Gasteiger partial charge on any atom is -0.375 e. The second kappa shape index (κ2) is 7.50. The second-order valence-electron chi connectivity index (χ2n) is 5.81. The monoisotopic (exact) mass is 392 g/mol. The lowest BCUT2D eigenvalue weighted by Gasteiger charge is -2.31. The first-order chi connectivity index (χ1) is 12.8. The molecule has 4 nitrogen and oxygen atoms in total. The first kappa shape index (κ1) is 19.1. The summed E-state index contributed by atoms with van der Waals surface area (Å²) in [6.45, 7) is -1.02. The van der Waals surface area contributed by atoms with Gasteiger partial charge in [-0.25, -0.2) is 4.98 Å². The van der Waals surface area contributed by atoms with Crippen LogP contribution in [0.15, 0.2) is 66.0 Å². The van der Waals surface area contributed by atoms with Crippen LogP contribution in [0.4, 0.5) is 13.2 Å². The van der Waals surface area contributed by atoms with Crippen LogP contribution in [0, 0.1) is 0 Å². The average molecular weight is 392 g/mol. The van der Waals surface area contributed by atoms with Crippen LogP contribution in [0.25, 0.3) is 10.6 Å². The van der Waals surface area contributed by atoms with Gasteiger partial charge >= 0.3 is 6.18 Å². The lowest BCUT2D eigenvalue weighted by Crippen LogP contribution is -2.51. The Morgan fingerprint density at radius 3 is 2.22 bits per heavy atom. The Bertz CT molecular complexity index is 913. The number of carbonyl (C=O) groups excluding carboxylic acids is 1. The lowest BCUT2D eigenvalue weighted by molar-refractivity contribution is -0.263. The van der Waals surface area contributed by atoms with E-state index in [2.05, 4.69) is 10.3 Å². The minimum absolute atomic E-state index is 0.00330. The minimum atomic E-state index is -4.96. The smallest absolute Gasteiger partial charge is 0.375 e. The first-order valence-electron chi connectivity index (χ1n) is 7.95. The molecule has 0 spiro atoms. The van der Waals surface area contributed by atoms with Gasteiger partial charge in [-0.1, -0.05) is 60.7 Å². The number of benzene rings is 2. The van der Waals surface area contributed by atoms with E-state index in [0.717, 1.165) is 17.7 Å². The highest BCUT2D eigenvalue weighted by Gasteiger charge is 2.55. The number of thiazole rings is 1. The molecule has 3 rings (SSSR count). The summed E-state index contributed by atoms with van der Waals surface area (Å²) in [5, 5.41) is 14.4. The van der Waals surface area contributed by atoms with Crippen LogP contribution in [-0.4, -0.2) is 28.7 Å². The highest BCUT2D eigenvalue weighted by molar-refractivity contribution is 7.13. The Morgan fingerprint density at radius 2 is 1.63 bits per heavy atom. The molecule has 1 amide bonds. The van der Waals surface area contributed by atoms with E-state index in [-0.39, 0.29) is 11.3 Å². The summed E-state index contributed by atoms with van der Waals surface area (Å²) in [5.41, 5.74) is -2.74. The fraction of sp³-hybridized carbons (Fsp3) is 0.158. The van der Waals surface area contributed by atoms with Crippen LogP contribution >= 0.6 is 11.3 Å². The van der Waals surface area contributed by atoms with Gasteiger partial charge in [-0.3, -0.25) is 4.79 Å². The van der Waals surface area contributed by atoms with E-state index in [4.69, 9.17) is 0 Å². The van der Waals surface area contributed by atoms with Crippen molar-refractivity contribution in [2.75, 3.05) is 6.54 Å². The van der Waals surface area contributed by atoms with Crippen molar-refractivity contribution < 1.29 is 23.1 Å². The number of hydrogen-bond acceptors (Lipinski definition) is 4. The number of nitrogens with one attached hydrogen (secondary N) is 1. The van der Waals surface area contributed by atoms with Gasteiger partial charge in [-0.15, -0.1) is 11.3 Å². The van der Waals surface area contributed by atoms with E-state index in [1.807, 2.05) is 30.3 Å². The molecule has 3 aromatic rings. The Hall–Kier alpha value is -2.71. The number of halogens is 3. The summed E-state index contributed by atoms with van der Waals surface area (Å²) < 4.78 is 40.4. The number of alkyl halides is 3. The molecule has 1 heterocycles. The van der Waals surface area contributed by atoms with Crippen LogP contribution in [-0.2, 0) is 5.60 Å². The molecule has 1 aromatic heterocycles. The number of aliphatic hydroxyl groups is 1. The SMILES string of the molecule is O=C(NC[C@@](O)(c1ccccc1)C(F)(F)F)c1csc(-c2ccccc2)n1. The lowest BCUT2D eigenvalue weighted by atomic mass is 9.93. The fourth-order valence-corrected chi connectivity index (χ4v) is 3.28. The van der Waals surface area contributed by atoms with Gasteiger partial charge in [0.25, 0.3) is 5.91 Å². The molecule has 0 aliphatic carbocycles. The van der Waals surface area contributed by atoms with Gasteiger partial charge < -0.3 is 10.4 Å². The van der Waals surface area contributed by atoms with Crippen molar-refractivity contribution in [2.45, 2.75) is 11.8 Å². The van der Waals surface area contributed by atoms with Crippen molar-refractivity contribution in [3.05, 3.63) is 77.3 Å². The van der Waals surface area contributed by atoms with Gasteiger partial charge in [-0.2, -0.15) is 13.2 Å². The predicted octanol–water partition coefficient (Wildman–Crippen LogP) is 3.99. The molecule has 2 aromatic carbocycles. The molecule has 0 unspecified atom stereocenters. The third-order valence-corrected chi connectivity index (χ3v) is 4.87. The molecule has 0 aliphatic heterocycles. The number of nitrogens with zero attached hydrogens (tertiary/aromatic N) is 1. The summed E-state index contributed by atoms with van der Waals surface area (Å²) in [5.74, 6) is -0.785. The average Bonchev–Trinajstić information content (AvgIpc) is 3.16. The first-order valence-corrected chi connectivity index (χ1v) is 8.83. The van der Waals surface area contributed by atoms with E-state index in [1.165, 1.54) is 28.8 Å². The van der Waals surface area contributed by atoms with E-state index >= 15 is 0 Å². The van der Waals surface area contributed by atoms with E-state index < -0.39 is 24.2 Å². The van der Waals surface area contributed by atoms with Crippen molar-refractivity contribution in [3.8, 4) is 10.6 Å². The highest BCUT2D eigenvalue weighted by Crippen LogP contribution is 2.38. The molecule has 0 bridgehead atoms. The zero-order chi connectivity index (χ0) is 19.5. The molecular weight excluding hydrogens is 377 g/mol. The van der Waals surface area contributed by atoms with Crippen LogP contribution in [0.5, 0.6) is 0 Å². The third kappa shape index (κ3) is 4.01. The van der Waals surface area contributed by atoms with E-state index in [1.54, 1.807) is 6.07 Å². The maximum atomic E-state index is 13.5. The Labute approximate surface area is 157 Å². The van der Waals surface area contributed by atoms with Gasteiger partial charge in [0.05, 0.1) is 6.54 Å². The van der Waals surface area contributed by atoms with E-state index in [9.17, 15) is 23.1 Å². The molecular formula is C19H15F3N2O2S. The second-order valence-corrected chi connectivity index (χ2v) is 6.67. The third-order valence-electron chi connectivity index (χ3n) is 3.98. The number of hydrogen-bond donors (Lipinski definition) is 2. The maximum absolute atomic E-state index is 13.5. The highest BCUT2D eigenvalue weighted by atomic mass is 32.1. The van der Waals surface area contributed by atoms with Crippen molar-refractivity contribution in [1.29, 1.82) is 0 Å². The summed E-state index contributed by atoms with van der Waals surface area (Å²) >= 11 is 1.21. The Kier molecular flexibility index (Phi) is 5.29. The van der Waals surface area contributed by atoms with Gasteiger partial charge in [0.15, 0.2) is 0 Å². The summed E-state index contributed by atoms with van der Waals surface area (Å²) in [6.07, 6.45) is -4.96. The normalized spacial score (nSPS) is 13.8. The van der Waals surface area contributed by atoms with Gasteiger partial charge in [0, 0.05) is 10.9 Å². The van der Waals surface area contributed by atoms with Gasteiger partial charge in [0.1, 0.15) is 10.7 Å². The Balaban J connectivity index is 1.77. The molecule has 0 fully saturated rings. The van der Waals surface area contributed by atoms with Crippen molar-refractivity contribution >= 4 is 17.2 Å². The van der Waals surface area contributed by atoms with Crippen molar-refractivity contribution in [1.82, 2.24) is 10.3 Å². The topological polar surface area (TPSA) is 62.2 Å². The van der Waals surface area contributed by atoms with Gasteiger partial charge in [0.2, 0.25) is 5.60 Å². The predicted molar refractivity (Wildman–Crippen MR) is 96.3 cm³/mol. The van der Waals surface area contributed by atoms with Crippen LogP contribution in [0.1, 0.15) is 16.1 Å². The molecule has 0 aliphatic rings. The zero-order valence-electron chi connectivity index (χ0n) is 13.9. The van der Waals surface area contributed by atoms with Crippen LogP contribution < -0.4 is 5.32 Å². The molecule has 0 saturated carbocycles. The molecule has 140 valence electrons. The summed E-state index contributed by atoms with van der Waals surface area (Å²) in [7, 11) is 0. The molecule has 1 atom stereocenters. The number of rotatable bonds is 5. The summed E-state index contributed by atoms with van der Waals surface area (Å²) in [4.78, 5) is 16.4. The van der Waals surface area contributed by atoms with Crippen molar-refractivity contribution in [2.24, 2.45) is 0 Å². The molecule has 2 N–H and O–H groups in total. The number of amides is 1. The van der Waals surface area contributed by atoms with Crippen LogP contribution in [0.3, 0.4) is 0 Å². The maximum Gasteiger partial charge on any atom is 0.423 e. The quantitative estimate of drug-likeness (QED) is 0.690. The van der Waals surface area contributed by atoms with E-state index in [0.29, 0.717) is 5.01 Å². The zero-order valence-corrected chi connectivity index (χ0v) is 14.7. The van der Waals surface area contributed by atoms with Gasteiger partial charge in [-0.05, 0) is 5.56 Å². The largest absolute Gasteiger partial charge is 0.423 e. The molecule has 27 heavy (non-hydrogen) atoms. The number of carbonyl (C=O) groups is 1. The van der Waals surface area contributed by atoms with Crippen LogP contribution in [0.2, 0.25) is 0 Å². The standard InChI is InChI=1S/C19H15F3N2O2S/c20-19(21,22)18(26,14-9-5-2-6-10-14)12-23-16(25)15-11-27-17(24-15)13-7-3-1-4-8-13/h1-11,26H,12H2,(H,23,25)/t18-/m1/s1. The number of aromatic nitrogens is 1. The molecule has 8 heteroatoms.